The maximum absolute atomic E-state index is 10.9. The molecule has 1 N–H and O–H groups in total. The van der Waals surface area contributed by atoms with Crippen LogP contribution in [0.4, 0.5) is 0 Å². The van der Waals surface area contributed by atoms with E-state index in [2.05, 4.69) is 5.32 Å². The second-order valence-corrected chi connectivity index (χ2v) is 4.80. The highest BCUT2D eigenvalue weighted by atomic mass is 32.2. The predicted molar refractivity (Wildman–Crippen MR) is 36.1 cm³/mol. The second-order valence-electron chi connectivity index (χ2n) is 2.23. The minimum Gasteiger partial charge on any atom is -0.314 e. The first-order chi connectivity index (χ1) is 4.17. The molecule has 1 aliphatic rings. The first-order valence-electron chi connectivity index (χ1n) is 3.09. The van der Waals surface area contributed by atoms with E-state index in [1.54, 1.807) is 6.92 Å². The third-order valence-corrected chi connectivity index (χ3v) is 3.81. The highest BCUT2D eigenvalue weighted by Gasteiger charge is 2.28. The van der Waals surface area contributed by atoms with Crippen LogP contribution in [0.3, 0.4) is 0 Å². The van der Waals surface area contributed by atoms with Crippen LogP contribution in [0.25, 0.3) is 0 Å². The van der Waals surface area contributed by atoms with Crippen LogP contribution >= 0.6 is 0 Å². The van der Waals surface area contributed by atoms with E-state index in [1.165, 1.54) is 0 Å². The van der Waals surface area contributed by atoms with Crippen LogP contribution in [0.1, 0.15) is 6.92 Å². The number of hydrogen-bond donors (Lipinski definition) is 1. The minimum absolute atomic E-state index is 0.0949. The Morgan fingerprint density at radius 2 is 2.11 bits per heavy atom. The summed E-state index contributed by atoms with van der Waals surface area (Å²) in [5.74, 6) is 0.277. The number of sulfone groups is 1. The lowest BCUT2D eigenvalue weighted by molar-refractivity contribution is 0.496. The molecule has 0 aromatic carbocycles. The van der Waals surface area contributed by atoms with Gasteiger partial charge in [-0.1, -0.05) is 6.92 Å². The molecule has 9 heavy (non-hydrogen) atoms. The van der Waals surface area contributed by atoms with Gasteiger partial charge < -0.3 is 5.32 Å². The van der Waals surface area contributed by atoms with E-state index in [-0.39, 0.29) is 11.0 Å². The zero-order chi connectivity index (χ0) is 6.91. The highest BCUT2D eigenvalue weighted by Crippen LogP contribution is 2.05. The van der Waals surface area contributed by atoms with Crippen molar-refractivity contribution in [2.24, 2.45) is 0 Å². The zero-order valence-corrected chi connectivity index (χ0v) is 6.24. The van der Waals surface area contributed by atoms with Crippen molar-refractivity contribution in [1.82, 2.24) is 5.32 Å². The van der Waals surface area contributed by atoms with Crippen molar-refractivity contribution in [3.8, 4) is 0 Å². The summed E-state index contributed by atoms with van der Waals surface area (Å²) < 4.78 is 21.9. The van der Waals surface area contributed by atoms with Crippen molar-refractivity contribution < 1.29 is 8.42 Å². The fourth-order valence-corrected chi connectivity index (χ4v) is 1.97. The third-order valence-electron chi connectivity index (χ3n) is 1.65. The Morgan fingerprint density at radius 3 is 2.22 bits per heavy atom. The Kier molecular flexibility index (Phi) is 1.77. The summed E-state index contributed by atoms with van der Waals surface area (Å²) >= 11 is 0. The summed E-state index contributed by atoms with van der Waals surface area (Å²) in [6, 6.07) is 0. The van der Waals surface area contributed by atoms with Crippen LogP contribution in [0.2, 0.25) is 0 Å². The Morgan fingerprint density at radius 1 is 1.56 bits per heavy atom. The van der Waals surface area contributed by atoms with Gasteiger partial charge in [-0.25, -0.2) is 8.42 Å². The molecule has 3 nitrogen and oxygen atoms in total. The summed E-state index contributed by atoms with van der Waals surface area (Å²) in [5, 5.41) is 2.83. The van der Waals surface area contributed by atoms with Gasteiger partial charge >= 0.3 is 0 Å². The van der Waals surface area contributed by atoms with Gasteiger partial charge in [0, 0.05) is 18.8 Å². The molecule has 1 heterocycles. The number of nitrogens with one attached hydrogen (secondary N) is 1. The van der Waals surface area contributed by atoms with Crippen molar-refractivity contribution >= 4 is 9.84 Å². The molecule has 54 valence electrons. The van der Waals surface area contributed by atoms with Crippen LogP contribution in [0.5, 0.6) is 0 Å². The van der Waals surface area contributed by atoms with E-state index in [9.17, 15) is 8.42 Å². The lowest BCUT2D eigenvalue weighted by atomic mass is 10.3. The Labute approximate surface area is 55.4 Å². The molecule has 0 spiro atoms. The third kappa shape index (κ3) is 1.24. The van der Waals surface area contributed by atoms with Gasteiger partial charge in [0.15, 0.2) is 9.84 Å². The largest absolute Gasteiger partial charge is 0.314 e. The molecule has 0 aromatic heterocycles. The van der Waals surface area contributed by atoms with Crippen molar-refractivity contribution in [3.63, 3.8) is 0 Å². The monoisotopic (exact) mass is 149 g/mol. The summed E-state index contributed by atoms with van der Waals surface area (Å²) in [5.41, 5.74) is 0. The van der Waals surface area contributed by atoms with Crippen LogP contribution in [-0.2, 0) is 9.84 Å². The van der Waals surface area contributed by atoms with Crippen LogP contribution in [0, 0.1) is 0 Å². The smallest absolute Gasteiger partial charge is 0.155 e. The fourth-order valence-electron chi connectivity index (χ4n) is 0.752. The molecular weight excluding hydrogens is 138 g/mol. The SMILES string of the molecule is CCS(=O)(=O)C1CNC1. The number of hydrogen-bond acceptors (Lipinski definition) is 3. The normalized spacial score (nSPS) is 21.4. The summed E-state index contributed by atoms with van der Waals surface area (Å²) in [4.78, 5) is 0. The molecule has 0 radical (unpaired) electrons. The molecule has 1 saturated heterocycles. The van der Waals surface area contributed by atoms with Gasteiger partial charge in [0.1, 0.15) is 0 Å². The minimum atomic E-state index is -2.72. The van der Waals surface area contributed by atoms with Gasteiger partial charge in [-0.15, -0.1) is 0 Å². The quantitative estimate of drug-likeness (QED) is 0.570. The summed E-state index contributed by atoms with van der Waals surface area (Å²) in [7, 11) is -2.72. The molecule has 0 aromatic rings. The van der Waals surface area contributed by atoms with E-state index >= 15 is 0 Å². The van der Waals surface area contributed by atoms with Crippen LogP contribution < -0.4 is 5.32 Å². The molecular formula is C5H11NO2S. The van der Waals surface area contributed by atoms with Crippen LogP contribution in [0.15, 0.2) is 0 Å². The molecule has 1 fully saturated rings. The van der Waals surface area contributed by atoms with Crippen molar-refractivity contribution in [2.75, 3.05) is 18.8 Å². The molecule has 1 rings (SSSR count). The molecule has 0 atom stereocenters. The first kappa shape index (κ1) is 7.02. The topological polar surface area (TPSA) is 46.2 Å². The van der Waals surface area contributed by atoms with E-state index < -0.39 is 9.84 Å². The fraction of sp³-hybridized carbons (Fsp3) is 1.00. The maximum atomic E-state index is 10.9. The lowest BCUT2D eigenvalue weighted by Gasteiger charge is -2.25. The van der Waals surface area contributed by atoms with Gasteiger partial charge in [0.2, 0.25) is 0 Å². The Balaban J connectivity index is 2.59. The summed E-state index contributed by atoms with van der Waals surface area (Å²) in [6.45, 7) is 2.99. The zero-order valence-electron chi connectivity index (χ0n) is 5.42. The van der Waals surface area contributed by atoms with Crippen molar-refractivity contribution in [1.29, 1.82) is 0 Å². The highest BCUT2D eigenvalue weighted by molar-refractivity contribution is 7.92. The van der Waals surface area contributed by atoms with Gasteiger partial charge in [0.05, 0.1) is 5.25 Å². The van der Waals surface area contributed by atoms with Gasteiger partial charge in [-0.2, -0.15) is 0 Å². The molecule has 0 unspecified atom stereocenters. The predicted octanol–water partition coefficient (Wildman–Crippen LogP) is -0.607. The van der Waals surface area contributed by atoms with Gasteiger partial charge in [0.25, 0.3) is 0 Å². The molecule has 4 heteroatoms. The van der Waals surface area contributed by atoms with E-state index in [1.807, 2.05) is 0 Å². The van der Waals surface area contributed by atoms with Crippen molar-refractivity contribution in [2.45, 2.75) is 12.2 Å². The van der Waals surface area contributed by atoms with Crippen LogP contribution in [-0.4, -0.2) is 32.5 Å². The second kappa shape index (κ2) is 2.27. The first-order valence-corrected chi connectivity index (χ1v) is 4.80. The molecule has 0 aliphatic carbocycles. The molecule has 0 saturated carbocycles. The molecule has 0 amide bonds. The van der Waals surface area contributed by atoms with Gasteiger partial charge in [-0.3, -0.25) is 0 Å². The Hall–Kier alpha value is -0.0900. The standard InChI is InChI=1S/C5H11NO2S/c1-2-9(7,8)5-3-6-4-5/h5-6H,2-4H2,1H3. The molecule has 0 bridgehead atoms. The van der Waals surface area contributed by atoms with E-state index in [0.717, 1.165) is 0 Å². The Bertz CT molecular complexity index is 181. The maximum Gasteiger partial charge on any atom is 0.155 e. The van der Waals surface area contributed by atoms with Gasteiger partial charge in [-0.05, 0) is 0 Å². The lowest BCUT2D eigenvalue weighted by Crippen LogP contribution is -2.51. The van der Waals surface area contributed by atoms with E-state index in [0.29, 0.717) is 13.1 Å². The average Bonchev–Trinajstić information content (AvgIpc) is 1.60. The number of rotatable bonds is 2. The molecule has 1 aliphatic heterocycles. The van der Waals surface area contributed by atoms with E-state index in [4.69, 9.17) is 0 Å². The van der Waals surface area contributed by atoms with Crippen molar-refractivity contribution in [3.05, 3.63) is 0 Å². The summed E-state index contributed by atoms with van der Waals surface area (Å²) in [6.07, 6.45) is 0. The average molecular weight is 149 g/mol.